The molecule has 1 heterocycles. The third-order valence-electron chi connectivity index (χ3n) is 2.67. The highest BCUT2D eigenvalue weighted by atomic mass is 15.2. The van der Waals surface area contributed by atoms with Crippen molar-refractivity contribution in [3.8, 4) is 6.07 Å². The zero-order valence-electron chi connectivity index (χ0n) is 10.9. The summed E-state index contributed by atoms with van der Waals surface area (Å²) in [6.07, 6.45) is 0. The zero-order chi connectivity index (χ0) is 13.0. The van der Waals surface area contributed by atoms with E-state index in [1.54, 1.807) is 0 Å². The average molecular weight is 233 g/mol. The number of nitriles is 1. The topological polar surface area (TPSA) is 78.8 Å². The predicted octanol–water partition coefficient (Wildman–Crippen LogP) is 1.66. The van der Waals surface area contributed by atoms with Gasteiger partial charge in [0.05, 0.1) is 12.0 Å². The van der Waals surface area contributed by atoms with Crippen molar-refractivity contribution in [2.75, 3.05) is 23.7 Å². The molecule has 5 heteroatoms. The monoisotopic (exact) mass is 233 g/mol. The highest BCUT2D eigenvalue weighted by Gasteiger charge is 2.15. The van der Waals surface area contributed by atoms with E-state index < -0.39 is 0 Å². The van der Waals surface area contributed by atoms with Gasteiger partial charge in [-0.05, 0) is 27.7 Å². The Morgan fingerprint density at radius 3 is 2.59 bits per heavy atom. The van der Waals surface area contributed by atoms with Crippen LogP contribution in [-0.2, 0) is 0 Å². The lowest BCUT2D eigenvalue weighted by molar-refractivity contribution is 0.675. The van der Waals surface area contributed by atoms with Gasteiger partial charge in [0.2, 0.25) is 0 Å². The summed E-state index contributed by atoms with van der Waals surface area (Å²) in [5.41, 5.74) is 6.71. The van der Waals surface area contributed by atoms with E-state index in [0.717, 1.165) is 17.9 Å². The van der Waals surface area contributed by atoms with Gasteiger partial charge in [0, 0.05) is 18.7 Å². The van der Waals surface area contributed by atoms with E-state index in [9.17, 15) is 0 Å². The van der Waals surface area contributed by atoms with E-state index in [1.807, 2.05) is 27.7 Å². The number of nitrogen functional groups attached to an aromatic ring is 1. The minimum Gasteiger partial charge on any atom is -0.383 e. The van der Waals surface area contributed by atoms with Crippen molar-refractivity contribution < 1.29 is 0 Å². The van der Waals surface area contributed by atoms with E-state index >= 15 is 0 Å². The quantitative estimate of drug-likeness (QED) is 0.855. The molecule has 0 aliphatic heterocycles. The molecule has 0 aliphatic rings. The van der Waals surface area contributed by atoms with Crippen LogP contribution in [0.25, 0.3) is 0 Å². The molecule has 1 atom stereocenters. The number of rotatable bonds is 4. The Kier molecular flexibility index (Phi) is 4.27. The van der Waals surface area contributed by atoms with Crippen molar-refractivity contribution in [1.82, 2.24) is 9.97 Å². The zero-order valence-corrected chi connectivity index (χ0v) is 10.9. The van der Waals surface area contributed by atoms with Gasteiger partial charge >= 0.3 is 0 Å². The van der Waals surface area contributed by atoms with Crippen LogP contribution in [0.1, 0.15) is 25.2 Å². The van der Waals surface area contributed by atoms with Crippen molar-refractivity contribution in [1.29, 1.82) is 5.26 Å². The molecule has 2 N–H and O–H groups in total. The van der Waals surface area contributed by atoms with Gasteiger partial charge in [-0.1, -0.05) is 0 Å². The average Bonchev–Trinajstić information content (AvgIpc) is 2.30. The van der Waals surface area contributed by atoms with Gasteiger partial charge in [-0.15, -0.1) is 0 Å². The molecule has 0 amide bonds. The number of hydrogen-bond donors (Lipinski definition) is 1. The number of anilines is 2. The third-order valence-corrected chi connectivity index (χ3v) is 2.67. The fraction of sp³-hybridized carbons (Fsp3) is 0.583. The number of hydrogen-bond acceptors (Lipinski definition) is 5. The summed E-state index contributed by atoms with van der Waals surface area (Å²) in [6, 6.07) is 2.23. The van der Waals surface area contributed by atoms with E-state index in [1.165, 1.54) is 0 Å². The molecule has 0 saturated heterocycles. The van der Waals surface area contributed by atoms with E-state index in [4.69, 9.17) is 11.0 Å². The molecule has 17 heavy (non-hydrogen) atoms. The first-order valence-electron chi connectivity index (χ1n) is 5.74. The molecule has 0 radical (unpaired) electrons. The molecule has 1 unspecified atom stereocenters. The molecule has 0 aliphatic carbocycles. The maximum Gasteiger partial charge on any atom is 0.137 e. The van der Waals surface area contributed by atoms with Gasteiger partial charge in [-0.25, -0.2) is 9.97 Å². The largest absolute Gasteiger partial charge is 0.383 e. The van der Waals surface area contributed by atoms with Crippen LogP contribution < -0.4 is 10.6 Å². The van der Waals surface area contributed by atoms with Crippen LogP contribution in [0, 0.1) is 31.1 Å². The van der Waals surface area contributed by atoms with Gasteiger partial charge in [0.25, 0.3) is 0 Å². The molecule has 1 aromatic heterocycles. The lowest BCUT2D eigenvalue weighted by Crippen LogP contribution is -2.30. The fourth-order valence-electron chi connectivity index (χ4n) is 1.68. The second-order valence-corrected chi connectivity index (χ2v) is 4.17. The smallest absolute Gasteiger partial charge is 0.137 e. The molecule has 0 spiro atoms. The van der Waals surface area contributed by atoms with Crippen molar-refractivity contribution >= 4 is 11.6 Å². The van der Waals surface area contributed by atoms with Gasteiger partial charge in [0.15, 0.2) is 0 Å². The highest BCUT2D eigenvalue weighted by molar-refractivity contribution is 5.56. The summed E-state index contributed by atoms with van der Waals surface area (Å²) in [6.45, 7) is 9.11. The van der Waals surface area contributed by atoms with Crippen LogP contribution in [0.3, 0.4) is 0 Å². The summed E-state index contributed by atoms with van der Waals surface area (Å²) in [5.74, 6) is 1.96. The molecule has 5 nitrogen and oxygen atoms in total. The van der Waals surface area contributed by atoms with Crippen molar-refractivity contribution in [2.45, 2.75) is 27.7 Å². The summed E-state index contributed by atoms with van der Waals surface area (Å²) in [4.78, 5) is 10.6. The minimum atomic E-state index is -0.0363. The molecule has 0 saturated carbocycles. The Labute approximate surface area is 102 Å². The number of aryl methyl sites for hydroxylation is 1. The first kappa shape index (κ1) is 13.2. The highest BCUT2D eigenvalue weighted by Crippen LogP contribution is 2.22. The standard InChI is InChI=1S/C12H19N5/c1-5-17(7-8(2)6-13)12-9(3)11(14)15-10(4)16-12/h8H,5,7H2,1-4H3,(H2,14,15,16). The molecule has 0 bridgehead atoms. The Hall–Kier alpha value is -1.83. The minimum absolute atomic E-state index is 0.0363. The van der Waals surface area contributed by atoms with Crippen LogP contribution in [0.2, 0.25) is 0 Å². The van der Waals surface area contributed by atoms with Gasteiger partial charge in [0.1, 0.15) is 17.5 Å². The van der Waals surface area contributed by atoms with Gasteiger partial charge in [-0.2, -0.15) is 5.26 Å². The Balaban J connectivity index is 3.08. The number of aromatic nitrogens is 2. The predicted molar refractivity (Wildman–Crippen MR) is 68.6 cm³/mol. The first-order chi connectivity index (χ1) is 7.99. The lowest BCUT2D eigenvalue weighted by Gasteiger charge is -2.25. The molecule has 0 fully saturated rings. The Morgan fingerprint density at radius 1 is 1.41 bits per heavy atom. The summed E-state index contributed by atoms with van der Waals surface area (Å²) in [7, 11) is 0. The van der Waals surface area contributed by atoms with Crippen LogP contribution in [0.4, 0.5) is 11.6 Å². The first-order valence-corrected chi connectivity index (χ1v) is 5.74. The van der Waals surface area contributed by atoms with Crippen LogP contribution in [0.15, 0.2) is 0 Å². The fourth-order valence-corrected chi connectivity index (χ4v) is 1.68. The van der Waals surface area contributed by atoms with E-state index in [-0.39, 0.29) is 5.92 Å². The number of nitrogens with zero attached hydrogens (tertiary/aromatic N) is 4. The van der Waals surface area contributed by atoms with E-state index in [0.29, 0.717) is 18.2 Å². The van der Waals surface area contributed by atoms with Crippen molar-refractivity contribution in [3.63, 3.8) is 0 Å². The van der Waals surface area contributed by atoms with Crippen LogP contribution in [0.5, 0.6) is 0 Å². The number of nitrogens with two attached hydrogens (primary N) is 1. The second-order valence-electron chi connectivity index (χ2n) is 4.17. The lowest BCUT2D eigenvalue weighted by atomic mass is 10.2. The summed E-state index contributed by atoms with van der Waals surface area (Å²) < 4.78 is 0. The molecular formula is C12H19N5. The van der Waals surface area contributed by atoms with Crippen molar-refractivity contribution in [2.24, 2.45) is 5.92 Å². The Bertz CT molecular complexity index is 435. The second kappa shape index (κ2) is 5.48. The van der Waals surface area contributed by atoms with Crippen molar-refractivity contribution in [3.05, 3.63) is 11.4 Å². The molecular weight excluding hydrogens is 214 g/mol. The third kappa shape index (κ3) is 3.06. The summed E-state index contributed by atoms with van der Waals surface area (Å²) in [5, 5.41) is 8.87. The van der Waals surface area contributed by atoms with Gasteiger partial charge in [-0.3, -0.25) is 0 Å². The van der Waals surface area contributed by atoms with E-state index in [2.05, 4.69) is 20.9 Å². The van der Waals surface area contributed by atoms with Crippen LogP contribution in [-0.4, -0.2) is 23.1 Å². The maximum absolute atomic E-state index is 8.87. The summed E-state index contributed by atoms with van der Waals surface area (Å²) >= 11 is 0. The van der Waals surface area contributed by atoms with Crippen LogP contribution >= 0.6 is 0 Å². The SMILES string of the molecule is CCN(CC(C)C#N)c1nc(C)nc(N)c1C. The molecule has 1 aromatic rings. The Morgan fingerprint density at radius 2 is 2.06 bits per heavy atom. The molecule has 92 valence electrons. The molecule has 1 rings (SSSR count). The normalized spacial score (nSPS) is 11.9. The molecule has 0 aromatic carbocycles. The van der Waals surface area contributed by atoms with Gasteiger partial charge < -0.3 is 10.6 Å². The maximum atomic E-state index is 8.87.